The number of aromatic nitrogens is 2. The second-order valence-electron chi connectivity index (χ2n) is 5.19. The number of aryl methyl sites for hydroxylation is 1. The maximum absolute atomic E-state index is 5.59. The Balaban J connectivity index is 2.02. The van der Waals surface area contributed by atoms with Gasteiger partial charge in [-0.3, -0.25) is 4.68 Å². The number of fused-ring (bicyclic) bond motifs is 1. The quantitative estimate of drug-likeness (QED) is 0.725. The van der Waals surface area contributed by atoms with Crippen LogP contribution in [0.25, 0.3) is 11.1 Å². The second kappa shape index (κ2) is 4.47. The van der Waals surface area contributed by atoms with Gasteiger partial charge in [-0.05, 0) is 29.7 Å². The van der Waals surface area contributed by atoms with Crippen LogP contribution in [0, 0.1) is 18.3 Å². The Morgan fingerprint density at radius 2 is 2.16 bits per heavy atom. The van der Waals surface area contributed by atoms with Crippen molar-refractivity contribution in [3.63, 3.8) is 0 Å². The summed E-state index contributed by atoms with van der Waals surface area (Å²) in [7, 11) is 4.04. The van der Waals surface area contributed by atoms with Gasteiger partial charge in [-0.15, -0.1) is 12.3 Å². The fourth-order valence-electron chi connectivity index (χ4n) is 2.74. The normalized spacial score (nSPS) is 17.9. The minimum atomic E-state index is 0.307. The number of hydrogen-bond acceptors (Lipinski definition) is 2. The largest absolute Gasteiger partial charge is 0.373 e. The molecule has 1 aromatic carbocycles. The minimum Gasteiger partial charge on any atom is -0.373 e. The summed E-state index contributed by atoms with van der Waals surface area (Å²) < 4.78 is 1.82. The van der Waals surface area contributed by atoms with Crippen molar-refractivity contribution in [1.29, 1.82) is 0 Å². The topological polar surface area (TPSA) is 21.1 Å². The van der Waals surface area contributed by atoms with Crippen molar-refractivity contribution < 1.29 is 0 Å². The Kier molecular flexibility index (Phi) is 2.79. The lowest BCUT2D eigenvalue weighted by Crippen LogP contribution is -2.31. The van der Waals surface area contributed by atoms with Gasteiger partial charge in [-0.25, -0.2) is 0 Å². The van der Waals surface area contributed by atoms with E-state index in [2.05, 4.69) is 41.2 Å². The third-order valence-electron chi connectivity index (χ3n) is 3.73. The van der Waals surface area contributed by atoms with Gasteiger partial charge in [0.15, 0.2) is 0 Å². The molecule has 3 heteroatoms. The molecule has 0 N–H and O–H groups in total. The van der Waals surface area contributed by atoms with Crippen molar-refractivity contribution >= 4 is 5.69 Å². The van der Waals surface area contributed by atoms with E-state index >= 15 is 0 Å². The van der Waals surface area contributed by atoms with Crippen molar-refractivity contribution in [2.75, 3.05) is 18.5 Å². The van der Waals surface area contributed by atoms with Gasteiger partial charge in [0.05, 0.1) is 6.20 Å². The van der Waals surface area contributed by atoms with Gasteiger partial charge in [0.1, 0.15) is 0 Å². The predicted molar refractivity (Wildman–Crippen MR) is 77.9 cm³/mol. The Labute approximate surface area is 113 Å². The van der Waals surface area contributed by atoms with E-state index in [1.54, 1.807) is 0 Å². The first-order chi connectivity index (χ1) is 9.17. The van der Waals surface area contributed by atoms with Gasteiger partial charge < -0.3 is 4.90 Å². The molecule has 0 amide bonds. The van der Waals surface area contributed by atoms with Crippen LogP contribution in [0.5, 0.6) is 0 Å². The van der Waals surface area contributed by atoms with Crippen LogP contribution in [-0.4, -0.2) is 23.4 Å². The summed E-state index contributed by atoms with van der Waals surface area (Å²) in [5, 5.41) is 4.23. The van der Waals surface area contributed by atoms with E-state index in [4.69, 9.17) is 6.42 Å². The fraction of sp³-hybridized carbons (Fsp3) is 0.312. The molecule has 1 aromatic heterocycles. The van der Waals surface area contributed by atoms with Crippen LogP contribution in [0.2, 0.25) is 0 Å². The zero-order chi connectivity index (χ0) is 13.4. The average molecular weight is 251 g/mol. The zero-order valence-corrected chi connectivity index (χ0v) is 11.3. The lowest BCUT2D eigenvalue weighted by atomic mass is 9.91. The van der Waals surface area contributed by atoms with E-state index in [-0.39, 0.29) is 0 Å². The smallest absolute Gasteiger partial charge is 0.0568 e. The van der Waals surface area contributed by atoms with Crippen LogP contribution in [0.4, 0.5) is 5.69 Å². The van der Waals surface area contributed by atoms with Crippen molar-refractivity contribution in [1.82, 2.24) is 9.78 Å². The Hall–Kier alpha value is -2.21. The maximum Gasteiger partial charge on any atom is 0.0568 e. The summed E-state index contributed by atoms with van der Waals surface area (Å²) in [6.07, 6.45) is 10.5. The first-order valence-corrected chi connectivity index (χ1v) is 6.46. The van der Waals surface area contributed by atoms with Crippen LogP contribution >= 0.6 is 0 Å². The highest BCUT2D eigenvalue weighted by Crippen LogP contribution is 2.32. The lowest BCUT2D eigenvalue weighted by molar-refractivity contribution is 0.627. The Bertz CT molecular complexity index is 648. The van der Waals surface area contributed by atoms with Crippen LogP contribution in [0.1, 0.15) is 5.56 Å². The standard InChI is InChI=1S/C16H17N3/c1-4-12-7-14-8-13(15-9-17-19(3)11-15)5-6-16(14)18(2)10-12/h1,5-6,8-9,11-12H,7,10H2,2-3H3/t12-/m0/s1. The molecule has 1 aliphatic heterocycles. The van der Waals surface area contributed by atoms with Gasteiger partial charge >= 0.3 is 0 Å². The Morgan fingerprint density at radius 3 is 2.84 bits per heavy atom. The van der Waals surface area contributed by atoms with Crippen LogP contribution in [0.15, 0.2) is 30.6 Å². The number of anilines is 1. The number of nitrogens with zero attached hydrogens (tertiary/aromatic N) is 3. The molecule has 1 aliphatic rings. The molecule has 2 heterocycles. The van der Waals surface area contributed by atoms with Crippen molar-refractivity contribution in [2.45, 2.75) is 6.42 Å². The van der Waals surface area contributed by atoms with E-state index in [1.807, 2.05) is 24.1 Å². The summed E-state index contributed by atoms with van der Waals surface area (Å²) >= 11 is 0. The molecule has 96 valence electrons. The molecule has 0 fully saturated rings. The zero-order valence-electron chi connectivity index (χ0n) is 11.3. The van der Waals surface area contributed by atoms with Gasteiger partial charge in [0.25, 0.3) is 0 Å². The van der Waals surface area contributed by atoms with Crippen molar-refractivity contribution in [2.24, 2.45) is 13.0 Å². The molecule has 0 saturated heterocycles. The number of rotatable bonds is 1. The molecule has 0 spiro atoms. The molecule has 3 rings (SSSR count). The predicted octanol–water partition coefficient (Wildman–Crippen LogP) is 2.33. The number of terminal acetylenes is 1. The fourth-order valence-corrected chi connectivity index (χ4v) is 2.74. The molecule has 0 unspecified atom stereocenters. The molecule has 0 aliphatic carbocycles. The first kappa shape index (κ1) is 11.9. The summed E-state index contributed by atoms with van der Waals surface area (Å²) in [5.41, 5.74) is 4.98. The van der Waals surface area contributed by atoms with Crippen molar-refractivity contribution in [3.05, 3.63) is 36.2 Å². The maximum atomic E-state index is 5.59. The van der Waals surface area contributed by atoms with E-state index < -0.39 is 0 Å². The molecular weight excluding hydrogens is 234 g/mol. The Morgan fingerprint density at radius 1 is 1.32 bits per heavy atom. The van der Waals surface area contributed by atoms with Crippen molar-refractivity contribution in [3.8, 4) is 23.5 Å². The SMILES string of the molecule is C#C[C@H]1Cc2cc(-c3cnn(C)c3)ccc2N(C)C1. The highest BCUT2D eigenvalue weighted by molar-refractivity contribution is 5.69. The molecule has 0 saturated carbocycles. The van der Waals surface area contributed by atoms with E-state index in [1.165, 1.54) is 16.8 Å². The molecule has 3 nitrogen and oxygen atoms in total. The summed E-state index contributed by atoms with van der Waals surface area (Å²) in [5.74, 6) is 3.19. The molecule has 19 heavy (non-hydrogen) atoms. The summed E-state index contributed by atoms with van der Waals surface area (Å²) in [6.45, 7) is 0.940. The van der Waals surface area contributed by atoms with E-state index in [0.717, 1.165) is 18.5 Å². The molecule has 0 bridgehead atoms. The third-order valence-corrected chi connectivity index (χ3v) is 3.73. The average Bonchev–Trinajstić information content (AvgIpc) is 2.84. The van der Waals surface area contributed by atoms with Crippen LogP contribution in [0.3, 0.4) is 0 Å². The monoisotopic (exact) mass is 251 g/mol. The molecule has 0 radical (unpaired) electrons. The third kappa shape index (κ3) is 2.10. The number of hydrogen-bond donors (Lipinski definition) is 0. The van der Waals surface area contributed by atoms with Gasteiger partial charge in [-0.2, -0.15) is 5.10 Å². The van der Waals surface area contributed by atoms with E-state index in [0.29, 0.717) is 5.92 Å². The highest BCUT2D eigenvalue weighted by atomic mass is 15.2. The molecule has 2 aromatic rings. The summed E-state index contributed by atoms with van der Waals surface area (Å²) in [4.78, 5) is 2.25. The molecule has 1 atom stereocenters. The minimum absolute atomic E-state index is 0.307. The number of benzene rings is 1. The summed E-state index contributed by atoms with van der Waals surface area (Å²) in [6, 6.07) is 6.58. The van der Waals surface area contributed by atoms with Crippen LogP contribution < -0.4 is 4.90 Å². The second-order valence-corrected chi connectivity index (χ2v) is 5.19. The van der Waals surface area contributed by atoms with Gasteiger partial charge in [0, 0.05) is 44.0 Å². The first-order valence-electron chi connectivity index (χ1n) is 6.46. The van der Waals surface area contributed by atoms with Gasteiger partial charge in [0.2, 0.25) is 0 Å². The van der Waals surface area contributed by atoms with Gasteiger partial charge in [-0.1, -0.05) is 6.07 Å². The van der Waals surface area contributed by atoms with E-state index in [9.17, 15) is 0 Å². The molecular formula is C16H17N3. The lowest BCUT2D eigenvalue weighted by Gasteiger charge is -2.31. The highest BCUT2D eigenvalue weighted by Gasteiger charge is 2.21. The van der Waals surface area contributed by atoms with Crippen LogP contribution in [-0.2, 0) is 13.5 Å².